The third-order valence-electron chi connectivity index (χ3n) is 2.89. The third-order valence-corrected chi connectivity index (χ3v) is 2.89. The molecular formula is C15H19N3O. The maximum atomic E-state index is 12.1. The van der Waals surface area contributed by atoms with Crippen LogP contribution in [0, 0.1) is 13.8 Å². The molecule has 19 heavy (non-hydrogen) atoms. The summed E-state index contributed by atoms with van der Waals surface area (Å²) in [6.45, 7) is 6.81. The zero-order valence-corrected chi connectivity index (χ0v) is 11.6. The molecule has 0 fully saturated rings. The number of amides is 1. The number of aryl methyl sites for hydroxylation is 3. The lowest BCUT2D eigenvalue weighted by molar-refractivity contribution is 0.102. The van der Waals surface area contributed by atoms with Crippen LogP contribution in [0.1, 0.15) is 35.0 Å². The van der Waals surface area contributed by atoms with Gasteiger partial charge >= 0.3 is 0 Å². The zero-order valence-electron chi connectivity index (χ0n) is 11.6. The van der Waals surface area contributed by atoms with Crippen LogP contribution in [0.15, 0.2) is 30.3 Å². The molecule has 0 atom stereocenters. The van der Waals surface area contributed by atoms with Gasteiger partial charge in [-0.05, 0) is 32.4 Å². The number of hydrogen-bond acceptors (Lipinski definition) is 2. The van der Waals surface area contributed by atoms with E-state index in [1.807, 2.05) is 48.9 Å². The van der Waals surface area contributed by atoms with Gasteiger partial charge in [0.2, 0.25) is 0 Å². The van der Waals surface area contributed by atoms with Gasteiger partial charge in [0.25, 0.3) is 5.91 Å². The van der Waals surface area contributed by atoms with E-state index in [1.165, 1.54) is 0 Å². The molecule has 1 aromatic heterocycles. The Morgan fingerprint density at radius 2 is 1.95 bits per heavy atom. The quantitative estimate of drug-likeness (QED) is 0.914. The van der Waals surface area contributed by atoms with E-state index in [0.29, 0.717) is 5.56 Å². The highest BCUT2D eigenvalue weighted by Crippen LogP contribution is 2.13. The van der Waals surface area contributed by atoms with Crippen LogP contribution in [-0.4, -0.2) is 15.7 Å². The SMILES string of the molecule is CCCn1nc(C)cc1NC(=O)c1ccc(C)cc1. The molecule has 0 saturated carbocycles. The Morgan fingerprint density at radius 3 is 2.58 bits per heavy atom. The van der Waals surface area contributed by atoms with Crippen molar-refractivity contribution in [2.45, 2.75) is 33.7 Å². The van der Waals surface area contributed by atoms with E-state index in [9.17, 15) is 4.79 Å². The van der Waals surface area contributed by atoms with E-state index in [0.717, 1.165) is 30.0 Å². The molecule has 0 bridgehead atoms. The second-order valence-electron chi connectivity index (χ2n) is 4.71. The van der Waals surface area contributed by atoms with Gasteiger partial charge in [0.15, 0.2) is 0 Å². The van der Waals surface area contributed by atoms with Crippen molar-refractivity contribution in [1.29, 1.82) is 0 Å². The van der Waals surface area contributed by atoms with Crippen molar-refractivity contribution in [3.05, 3.63) is 47.2 Å². The molecule has 4 heteroatoms. The standard InChI is InChI=1S/C15H19N3O/c1-4-9-18-14(10-12(3)17-18)16-15(19)13-7-5-11(2)6-8-13/h5-8,10H,4,9H2,1-3H3,(H,16,19). The number of anilines is 1. The highest BCUT2D eigenvalue weighted by atomic mass is 16.1. The molecule has 1 amide bonds. The average Bonchev–Trinajstić information content (AvgIpc) is 2.71. The number of nitrogens with one attached hydrogen (secondary N) is 1. The van der Waals surface area contributed by atoms with Gasteiger partial charge in [-0.25, -0.2) is 4.68 Å². The minimum absolute atomic E-state index is 0.0998. The zero-order chi connectivity index (χ0) is 13.8. The van der Waals surface area contributed by atoms with Crippen molar-refractivity contribution in [2.75, 3.05) is 5.32 Å². The smallest absolute Gasteiger partial charge is 0.256 e. The van der Waals surface area contributed by atoms with Crippen molar-refractivity contribution < 1.29 is 4.79 Å². The summed E-state index contributed by atoms with van der Waals surface area (Å²) < 4.78 is 1.83. The lowest BCUT2D eigenvalue weighted by Gasteiger charge is -2.08. The summed E-state index contributed by atoms with van der Waals surface area (Å²) in [6.07, 6.45) is 0.981. The number of hydrogen-bond donors (Lipinski definition) is 1. The molecule has 0 spiro atoms. The maximum absolute atomic E-state index is 12.1. The summed E-state index contributed by atoms with van der Waals surface area (Å²) in [5.41, 5.74) is 2.71. The first-order chi connectivity index (χ1) is 9.10. The second-order valence-corrected chi connectivity index (χ2v) is 4.71. The van der Waals surface area contributed by atoms with Crippen LogP contribution in [0.3, 0.4) is 0 Å². The van der Waals surface area contributed by atoms with Crippen molar-refractivity contribution in [3.8, 4) is 0 Å². The molecule has 0 unspecified atom stereocenters. The Balaban J connectivity index is 2.16. The van der Waals surface area contributed by atoms with Crippen LogP contribution in [-0.2, 0) is 6.54 Å². The van der Waals surface area contributed by atoms with Gasteiger partial charge in [-0.15, -0.1) is 0 Å². The first kappa shape index (κ1) is 13.3. The Bertz CT molecular complexity index is 570. The Labute approximate surface area is 113 Å². The second kappa shape index (κ2) is 5.69. The fourth-order valence-corrected chi connectivity index (χ4v) is 1.92. The van der Waals surface area contributed by atoms with E-state index in [1.54, 1.807) is 0 Å². The first-order valence-electron chi connectivity index (χ1n) is 6.52. The highest BCUT2D eigenvalue weighted by molar-refractivity contribution is 6.03. The Hall–Kier alpha value is -2.10. The van der Waals surface area contributed by atoms with Crippen LogP contribution >= 0.6 is 0 Å². The van der Waals surface area contributed by atoms with Crippen molar-refractivity contribution in [1.82, 2.24) is 9.78 Å². The summed E-state index contributed by atoms with van der Waals surface area (Å²) in [7, 11) is 0. The molecule has 0 saturated heterocycles. The molecule has 1 heterocycles. The summed E-state index contributed by atoms with van der Waals surface area (Å²) >= 11 is 0. The van der Waals surface area contributed by atoms with Gasteiger partial charge in [0.1, 0.15) is 5.82 Å². The average molecular weight is 257 g/mol. The third kappa shape index (κ3) is 3.22. The van der Waals surface area contributed by atoms with Gasteiger partial charge in [-0.1, -0.05) is 24.6 Å². The first-order valence-corrected chi connectivity index (χ1v) is 6.52. The van der Waals surface area contributed by atoms with Crippen molar-refractivity contribution >= 4 is 11.7 Å². The summed E-state index contributed by atoms with van der Waals surface area (Å²) in [4.78, 5) is 12.1. The number of nitrogens with zero attached hydrogens (tertiary/aromatic N) is 2. The van der Waals surface area contributed by atoms with E-state index in [-0.39, 0.29) is 5.91 Å². The predicted octanol–water partition coefficient (Wildman–Crippen LogP) is 3.16. The Kier molecular flexibility index (Phi) is 4.00. The van der Waals surface area contributed by atoms with Gasteiger partial charge in [0.05, 0.1) is 5.69 Å². The Morgan fingerprint density at radius 1 is 1.26 bits per heavy atom. The normalized spacial score (nSPS) is 10.5. The molecule has 1 N–H and O–H groups in total. The number of carbonyl (C=O) groups excluding carboxylic acids is 1. The van der Waals surface area contributed by atoms with Crippen molar-refractivity contribution in [2.24, 2.45) is 0 Å². The molecule has 2 rings (SSSR count). The summed E-state index contributed by atoms with van der Waals surface area (Å²) in [6, 6.07) is 9.42. The molecule has 2 aromatic rings. The lowest BCUT2D eigenvalue weighted by atomic mass is 10.1. The fourth-order valence-electron chi connectivity index (χ4n) is 1.92. The van der Waals surface area contributed by atoms with Crippen LogP contribution < -0.4 is 5.32 Å². The van der Waals surface area contributed by atoms with E-state index >= 15 is 0 Å². The topological polar surface area (TPSA) is 46.9 Å². The van der Waals surface area contributed by atoms with Gasteiger partial charge in [-0.2, -0.15) is 5.10 Å². The molecule has 0 aliphatic carbocycles. The molecule has 100 valence electrons. The maximum Gasteiger partial charge on any atom is 0.256 e. The van der Waals surface area contributed by atoms with Gasteiger partial charge in [0, 0.05) is 18.2 Å². The number of benzene rings is 1. The van der Waals surface area contributed by atoms with Gasteiger partial charge in [-0.3, -0.25) is 4.79 Å². The fraction of sp³-hybridized carbons (Fsp3) is 0.333. The van der Waals surface area contributed by atoms with Crippen molar-refractivity contribution in [3.63, 3.8) is 0 Å². The van der Waals surface area contributed by atoms with Crippen LogP contribution in [0.2, 0.25) is 0 Å². The number of aromatic nitrogens is 2. The molecule has 0 aliphatic heterocycles. The minimum Gasteiger partial charge on any atom is -0.307 e. The van der Waals surface area contributed by atoms with Gasteiger partial charge < -0.3 is 5.32 Å². The molecular weight excluding hydrogens is 238 g/mol. The number of carbonyl (C=O) groups is 1. The summed E-state index contributed by atoms with van der Waals surface area (Å²) in [5.74, 6) is 0.655. The van der Waals surface area contributed by atoms with E-state index in [2.05, 4.69) is 17.3 Å². The van der Waals surface area contributed by atoms with Crippen LogP contribution in [0.5, 0.6) is 0 Å². The minimum atomic E-state index is -0.0998. The largest absolute Gasteiger partial charge is 0.307 e. The molecule has 0 radical (unpaired) electrons. The monoisotopic (exact) mass is 257 g/mol. The number of rotatable bonds is 4. The molecule has 1 aromatic carbocycles. The lowest BCUT2D eigenvalue weighted by Crippen LogP contribution is -2.15. The van der Waals surface area contributed by atoms with Crippen LogP contribution in [0.25, 0.3) is 0 Å². The molecule has 0 aliphatic rings. The highest BCUT2D eigenvalue weighted by Gasteiger charge is 2.10. The summed E-state index contributed by atoms with van der Waals surface area (Å²) in [5, 5.41) is 7.28. The van der Waals surface area contributed by atoms with Crippen LogP contribution in [0.4, 0.5) is 5.82 Å². The van der Waals surface area contributed by atoms with E-state index in [4.69, 9.17) is 0 Å². The predicted molar refractivity (Wildman–Crippen MR) is 76.4 cm³/mol. The molecule has 4 nitrogen and oxygen atoms in total. The van der Waals surface area contributed by atoms with E-state index < -0.39 is 0 Å².